The number of hydrogen-bond acceptors (Lipinski definition) is 6. The number of benzene rings is 1. The van der Waals surface area contributed by atoms with Crippen molar-refractivity contribution >= 4 is 28.8 Å². The summed E-state index contributed by atoms with van der Waals surface area (Å²) in [5.41, 5.74) is 1.84. The molecule has 0 N–H and O–H groups in total. The monoisotopic (exact) mass is 388 g/mol. The van der Waals surface area contributed by atoms with Crippen molar-refractivity contribution in [2.75, 3.05) is 13.2 Å². The second-order valence-corrected chi connectivity index (χ2v) is 7.41. The van der Waals surface area contributed by atoms with Gasteiger partial charge in [-0.2, -0.15) is 0 Å². The number of allylic oxidation sites excluding steroid dienone is 1. The molecule has 0 aromatic heterocycles. The van der Waals surface area contributed by atoms with Gasteiger partial charge in [-0.1, -0.05) is 30.8 Å². The van der Waals surface area contributed by atoms with E-state index in [4.69, 9.17) is 9.47 Å². The molecule has 3 rings (SSSR count). The van der Waals surface area contributed by atoms with Gasteiger partial charge >= 0.3 is 5.97 Å². The summed E-state index contributed by atoms with van der Waals surface area (Å²) >= 11 is 1.46. The minimum atomic E-state index is -0.538. The van der Waals surface area contributed by atoms with Gasteiger partial charge in [0.05, 0.1) is 35.8 Å². The lowest BCUT2D eigenvalue weighted by Gasteiger charge is -2.33. The maximum atomic E-state index is 13.0. The van der Waals surface area contributed by atoms with Crippen molar-refractivity contribution in [1.82, 2.24) is 4.90 Å². The molecule has 0 unspecified atom stereocenters. The molecule has 27 heavy (non-hydrogen) atoms. The molecule has 1 aromatic rings. The first kappa shape index (κ1) is 19.5. The summed E-state index contributed by atoms with van der Waals surface area (Å²) in [6, 6.07) is 6.95. The zero-order valence-electron chi connectivity index (χ0n) is 16.0. The molecule has 0 aliphatic carbocycles. The summed E-state index contributed by atoms with van der Waals surface area (Å²) in [6.07, 6.45) is 0.711. The zero-order valence-corrected chi connectivity index (χ0v) is 16.8. The molecule has 0 radical (unpaired) electrons. The van der Waals surface area contributed by atoms with Crippen LogP contribution < -0.4 is 4.74 Å². The number of amides is 1. The van der Waals surface area contributed by atoms with E-state index in [0.717, 1.165) is 11.3 Å². The van der Waals surface area contributed by atoms with Crippen LogP contribution >= 0.6 is 11.8 Å². The third-order valence-corrected chi connectivity index (χ3v) is 5.84. The highest BCUT2D eigenvalue weighted by molar-refractivity contribution is 8.15. The zero-order chi connectivity index (χ0) is 19.6. The number of aliphatic imine (C=N–C) groups is 1. The highest BCUT2D eigenvalue weighted by Crippen LogP contribution is 2.44. The van der Waals surface area contributed by atoms with Crippen LogP contribution in [-0.4, -0.2) is 40.4 Å². The van der Waals surface area contributed by atoms with Crippen molar-refractivity contribution in [2.45, 2.75) is 45.4 Å². The lowest BCUT2D eigenvalue weighted by Crippen LogP contribution is -2.40. The largest absolute Gasteiger partial charge is 0.494 e. The van der Waals surface area contributed by atoms with Crippen molar-refractivity contribution in [1.29, 1.82) is 0 Å². The Labute approximate surface area is 163 Å². The number of rotatable bonds is 6. The minimum absolute atomic E-state index is 0.0190. The molecule has 0 spiro atoms. The molecule has 6 nitrogen and oxygen atoms in total. The molecule has 1 aromatic carbocycles. The Morgan fingerprint density at radius 3 is 2.48 bits per heavy atom. The summed E-state index contributed by atoms with van der Waals surface area (Å²) in [4.78, 5) is 31.9. The van der Waals surface area contributed by atoms with E-state index in [1.54, 1.807) is 18.7 Å². The Morgan fingerprint density at radius 1 is 1.19 bits per heavy atom. The van der Waals surface area contributed by atoms with Crippen molar-refractivity contribution in [3.63, 3.8) is 0 Å². The maximum Gasteiger partial charge on any atom is 0.338 e. The van der Waals surface area contributed by atoms with Crippen LogP contribution in [0.3, 0.4) is 0 Å². The maximum absolute atomic E-state index is 13.0. The van der Waals surface area contributed by atoms with Crippen molar-refractivity contribution in [3.8, 4) is 5.75 Å². The molecule has 2 atom stereocenters. The summed E-state index contributed by atoms with van der Waals surface area (Å²) < 4.78 is 10.8. The third-order valence-electron chi connectivity index (χ3n) is 4.52. The predicted octanol–water partition coefficient (Wildman–Crippen LogP) is 3.69. The Kier molecular flexibility index (Phi) is 5.89. The predicted molar refractivity (Wildman–Crippen MR) is 106 cm³/mol. The van der Waals surface area contributed by atoms with Crippen molar-refractivity contribution in [3.05, 3.63) is 41.1 Å². The van der Waals surface area contributed by atoms with Gasteiger partial charge in [0, 0.05) is 0 Å². The number of thioether (sulfide) groups is 1. The topological polar surface area (TPSA) is 68.2 Å². The van der Waals surface area contributed by atoms with Gasteiger partial charge < -0.3 is 9.47 Å². The van der Waals surface area contributed by atoms with E-state index in [1.165, 1.54) is 11.8 Å². The lowest BCUT2D eigenvalue weighted by atomic mass is 9.94. The molecule has 0 bridgehead atoms. The van der Waals surface area contributed by atoms with E-state index in [9.17, 15) is 9.59 Å². The molecule has 1 saturated heterocycles. The number of carbonyl (C=O) groups is 2. The van der Waals surface area contributed by atoms with Crippen molar-refractivity contribution < 1.29 is 19.1 Å². The first-order chi connectivity index (χ1) is 13.0. The fraction of sp³-hybridized carbons (Fsp3) is 0.450. The Hall–Kier alpha value is -2.28. The van der Waals surface area contributed by atoms with Gasteiger partial charge in [0.2, 0.25) is 5.91 Å². The van der Waals surface area contributed by atoms with E-state index in [2.05, 4.69) is 4.99 Å². The first-order valence-electron chi connectivity index (χ1n) is 9.20. The van der Waals surface area contributed by atoms with Crippen LogP contribution in [-0.2, 0) is 14.3 Å². The average molecular weight is 388 g/mol. The number of fused-ring (bicyclic) bond motifs is 1. The molecular weight excluding hydrogens is 364 g/mol. The molecule has 1 amide bonds. The van der Waals surface area contributed by atoms with Crippen LogP contribution in [0, 0.1) is 0 Å². The van der Waals surface area contributed by atoms with Gasteiger partial charge in [-0.25, -0.2) is 9.79 Å². The molecule has 2 heterocycles. The number of amidine groups is 1. The number of esters is 1. The quantitative estimate of drug-likeness (QED) is 0.695. The van der Waals surface area contributed by atoms with E-state index < -0.39 is 12.0 Å². The smallest absolute Gasteiger partial charge is 0.338 e. The van der Waals surface area contributed by atoms with Gasteiger partial charge in [-0.3, -0.25) is 9.69 Å². The van der Waals surface area contributed by atoms with Crippen molar-refractivity contribution in [2.24, 2.45) is 4.99 Å². The number of ether oxygens (including phenoxy) is 2. The first-order valence-corrected chi connectivity index (χ1v) is 10.1. The summed E-state index contributed by atoms with van der Waals surface area (Å²) in [5, 5.41) is 0.472. The Bertz CT molecular complexity index is 801. The SMILES string of the molecule is CCOC(=O)C1=C(C)N=C2S[C@@H](CC)C(=O)N2[C@H]1c1ccc(OCC)cc1. The normalized spacial score (nSPS) is 21.9. The van der Waals surface area contributed by atoms with Crippen LogP contribution in [0.5, 0.6) is 5.75 Å². The molecule has 7 heteroatoms. The van der Waals surface area contributed by atoms with E-state index in [0.29, 0.717) is 29.5 Å². The lowest BCUT2D eigenvalue weighted by molar-refractivity contribution is -0.139. The number of hydrogen-bond donors (Lipinski definition) is 0. The third kappa shape index (κ3) is 3.60. The van der Waals surface area contributed by atoms with Crippen LogP contribution in [0.4, 0.5) is 0 Å². The summed E-state index contributed by atoms with van der Waals surface area (Å²) in [7, 11) is 0. The molecule has 1 fully saturated rings. The van der Waals surface area contributed by atoms with Gasteiger partial charge in [-0.05, 0) is 44.9 Å². The van der Waals surface area contributed by atoms with E-state index >= 15 is 0 Å². The molecule has 2 aliphatic rings. The molecule has 2 aliphatic heterocycles. The second kappa shape index (κ2) is 8.17. The van der Waals surface area contributed by atoms with Gasteiger partial charge in [0.15, 0.2) is 5.17 Å². The highest BCUT2D eigenvalue weighted by Gasteiger charge is 2.47. The van der Waals surface area contributed by atoms with Crippen LogP contribution in [0.25, 0.3) is 0 Å². The van der Waals surface area contributed by atoms with E-state index in [-0.39, 0.29) is 17.8 Å². The highest BCUT2D eigenvalue weighted by atomic mass is 32.2. The van der Waals surface area contributed by atoms with Gasteiger partial charge in [0.1, 0.15) is 5.75 Å². The molecular formula is C20H24N2O4S. The van der Waals surface area contributed by atoms with Gasteiger partial charge in [-0.15, -0.1) is 0 Å². The average Bonchev–Trinajstić information content (AvgIpc) is 2.97. The van der Waals surface area contributed by atoms with E-state index in [1.807, 2.05) is 38.1 Å². The Balaban J connectivity index is 2.07. The molecule has 144 valence electrons. The van der Waals surface area contributed by atoms with Gasteiger partial charge in [0.25, 0.3) is 0 Å². The Morgan fingerprint density at radius 2 is 1.89 bits per heavy atom. The standard InChI is InChI=1S/C20H24N2O4S/c1-5-15-18(23)22-17(13-8-10-14(11-9-13)25-6-2)16(19(24)26-7-3)12(4)21-20(22)27-15/h8-11,15,17H,5-7H2,1-4H3/t15-,17-/m0/s1. The summed E-state index contributed by atoms with van der Waals surface area (Å²) in [6.45, 7) is 8.30. The number of nitrogens with zero attached hydrogens (tertiary/aromatic N) is 2. The van der Waals surface area contributed by atoms with Crippen LogP contribution in [0.1, 0.15) is 45.7 Å². The fourth-order valence-electron chi connectivity index (χ4n) is 3.29. The molecule has 0 saturated carbocycles. The fourth-order valence-corrected chi connectivity index (χ4v) is 4.42. The number of carbonyl (C=O) groups excluding carboxylic acids is 2. The second-order valence-electron chi connectivity index (χ2n) is 6.24. The van der Waals surface area contributed by atoms with Crippen LogP contribution in [0.15, 0.2) is 40.5 Å². The summed E-state index contributed by atoms with van der Waals surface area (Å²) in [5.74, 6) is 0.293. The minimum Gasteiger partial charge on any atom is -0.494 e. The van der Waals surface area contributed by atoms with Crippen LogP contribution in [0.2, 0.25) is 0 Å².